The number of carbonyl (C=O) groups is 3. The van der Waals surface area contributed by atoms with Crippen LogP contribution in [0.15, 0.2) is 18.2 Å². The summed E-state index contributed by atoms with van der Waals surface area (Å²) in [5.74, 6) is 0.501. The Bertz CT molecular complexity index is 859. The smallest absolute Gasteiger partial charge is 0.256 e. The lowest BCUT2D eigenvalue weighted by Gasteiger charge is -2.31. The highest BCUT2D eigenvalue weighted by Crippen LogP contribution is 2.30. The van der Waals surface area contributed by atoms with Gasteiger partial charge in [0.05, 0.1) is 5.56 Å². The summed E-state index contributed by atoms with van der Waals surface area (Å²) in [4.78, 5) is 44.7. The Labute approximate surface area is 197 Å². The predicted molar refractivity (Wildman–Crippen MR) is 130 cm³/mol. The third-order valence-corrected chi connectivity index (χ3v) is 7.33. The summed E-state index contributed by atoms with van der Waals surface area (Å²) in [7, 11) is 0. The second-order valence-electron chi connectivity index (χ2n) is 9.63. The maximum Gasteiger partial charge on any atom is 0.256 e. The minimum atomic E-state index is -0.0602. The molecule has 2 aliphatic heterocycles. The van der Waals surface area contributed by atoms with Crippen LogP contribution in [0.25, 0.3) is 0 Å². The summed E-state index contributed by atoms with van der Waals surface area (Å²) in [6.07, 6.45) is 8.92. The first kappa shape index (κ1) is 23.6. The number of carbonyl (C=O) groups excluding carboxylic acids is 3. The van der Waals surface area contributed by atoms with E-state index in [2.05, 4.69) is 10.2 Å². The van der Waals surface area contributed by atoms with Crippen molar-refractivity contribution in [3.8, 4) is 0 Å². The van der Waals surface area contributed by atoms with Crippen molar-refractivity contribution in [2.45, 2.75) is 64.7 Å². The van der Waals surface area contributed by atoms with Gasteiger partial charge in [-0.15, -0.1) is 0 Å². The third-order valence-electron chi connectivity index (χ3n) is 7.33. The van der Waals surface area contributed by atoms with Crippen LogP contribution in [0.5, 0.6) is 0 Å². The van der Waals surface area contributed by atoms with Gasteiger partial charge >= 0.3 is 0 Å². The molecule has 7 nitrogen and oxygen atoms in total. The lowest BCUT2D eigenvalue weighted by atomic mass is 10.1. The van der Waals surface area contributed by atoms with Gasteiger partial charge in [-0.05, 0) is 56.7 Å². The van der Waals surface area contributed by atoms with E-state index in [1.807, 2.05) is 34.9 Å². The van der Waals surface area contributed by atoms with Gasteiger partial charge in [0.15, 0.2) is 0 Å². The SMILES string of the molecule is CCC(=O)Nc1ccc(N2CCCN(C(=O)C3CCCC3)CC2)c(C(=O)N2CCCCC2)c1. The van der Waals surface area contributed by atoms with Crippen molar-refractivity contribution in [3.05, 3.63) is 23.8 Å². The van der Waals surface area contributed by atoms with Crippen LogP contribution in [0.4, 0.5) is 11.4 Å². The Balaban J connectivity index is 1.54. The molecule has 1 aromatic carbocycles. The summed E-state index contributed by atoms with van der Waals surface area (Å²) in [6, 6.07) is 5.70. The molecule has 180 valence electrons. The van der Waals surface area contributed by atoms with Gasteiger partial charge in [-0.3, -0.25) is 14.4 Å². The Hall–Kier alpha value is -2.57. The van der Waals surface area contributed by atoms with Gasteiger partial charge in [0.2, 0.25) is 11.8 Å². The van der Waals surface area contributed by atoms with Gasteiger partial charge < -0.3 is 20.0 Å². The highest BCUT2D eigenvalue weighted by molar-refractivity contribution is 6.02. The van der Waals surface area contributed by atoms with Crippen LogP contribution in [0.2, 0.25) is 0 Å². The topological polar surface area (TPSA) is 73.0 Å². The molecule has 0 spiro atoms. The number of nitrogens with one attached hydrogen (secondary N) is 1. The molecule has 2 saturated heterocycles. The number of anilines is 2. The molecule has 2 heterocycles. The van der Waals surface area contributed by atoms with E-state index >= 15 is 0 Å². The number of likely N-dealkylation sites (tertiary alicyclic amines) is 1. The third kappa shape index (κ3) is 5.68. The number of amides is 3. The fourth-order valence-corrected chi connectivity index (χ4v) is 5.39. The van der Waals surface area contributed by atoms with Crippen molar-refractivity contribution < 1.29 is 14.4 Å². The van der Waals surface area contributed by atoms with Crippen LogP contribution < -0.4 is 10.2 Å². The van der Waals surface area contributed by atoms with E-state index in [0.29, 0.717) is 30.1 Å². The molecule has 7 heteroatoms. The second-order valence-corrected chi connectivity index (χ2v) is 9.63. The van der Waals surface area contributed by atoms with Crippen LogP contribution in [0, 0.1) is 5.92 Å². The molecule has 1 saturated carbocycles. The molecule has 3 aliphatic rings. The van der Waals surface area contributed by atoms with Gasteiger partial charge in [-0.25, -0.2) is 0 Å². The quantitative estimate of drug-likeness (QED) is 0.733. The molecular formula is C26H38N4O3. The van der Waals surface area contributed by atoms with E-state index in [1.54, 1.807) is 0 Å². The molecule has 3 fully saturated rings. The van der Waals surface area contributed by atoms with Gasteiger partial charge in [-0.1, -0.05) is 19.8 Å². The first-order chi connectivity index (χ1) is 16.1. The Morgan fingerprint density at radius 2 is 1.58 bits per heavy atom. The first-order valence-electron chi connectivity index (χ1n) is 12.8. The molecule has 4 rings (SSSR count). The molecular weight excluding hydrogens is 416 g/mol. The Morgan fingerprint density at radius 3 is 2.30 bits per heavy atom. The minimum absolute atomic E-state index is 0.0421. The number of piperidine rings is 1. The summed E-state index contributed by atoms with van der Waals surface area (Å²) in [5, 5.41) is 2.90. The van der Waals surface area contributed by atoms with E-state index in [1.165, 1.54) is 19.3 Å². The van der Waals surface area contributed by atoms with Gasteiger partial charge in [-0.2, -0.15) is 0 Å². The summed E-state index contributed by atoms with van der Waals surface area (Å²) in [5.41, 5.74) is 2.23. The highest BCUT2D eigenvalue weighted by atomic mass is 16.2. The largest absolute Gasteiger partial charge is 0.369 e. The number of benzene rings is 1. The zero-order valence-corrected chi connectivity index (χ0v) is 20.0. The molecule has 1 aromatic rings. The first-order valence-corrected chi connectivity index (χ1v) is 12.8. The van der Waals surface area contributed by atoms with Crippen LogP contribution in [-0.4, -0.2) is 66.8 Å². The Morgan fingerprint density at radius 1 is 0.848 bits per heavy atom. The van der Waals surface area contributed by atoms with Crippen molar-refractivity contribution in [2.24, 2.45) is 5.92 Å². The maximum absolute atomic E-state index is 13.5. The highest BCUT2D eigenvalue weighted by Gasteiger charge is 2.30. The number of hydrogen-bond acceptors (Lipinski definition) is 4. The van der Waals surface area contributed by atoms with E-state index in [0.717, 1.165) is 70.5 Å². The molecule has 0 atom stereocenters. The second kappa shape index (κ2) is 11.0. The summed E-state index contributed by atoms with van der Waals surface area (Å²) < 4.78 is 0. The Kier molecular flexibility index (Phi) is 7.89. The fraction of sp³-hybridized carbons (Fsp3) is 0.654. The van der Waals surface area contributed by atoms with Crippen molar-refractivity contribution in [2.75, 3.05) is 49.5 Å². The van der Waals surface area contributed by atoms with E-state index in [9.17, 15) is 14.4 Å². The van der Waals surface area contributed by atoms with Crippen LogP contribution in [0.1, 0.15) is 75.1 Å². The van der Waals surface area contributed by atoms with E-state index < -0.39 is 0 Å². The minimum Gasteiger partial charge on any atom is -0.369 e. The van der Waals surface area contributed by atoms with Crippen LogP contribution >= 0.6 is 0 Å². The lowest BCUT2D eigenvalue weighted by molar-refractivity contribution is -0.135. The van der Waals surface area contributed by atoms with E-state index in [-0.39, 0.29) is 17.7 Å². The molecule has 1 aliphatic carbocycles. The summed E-state index contributed by atoms with van der Waals surface area (Å²) in [6.45, 7) is 6.40. The predicted octanol–water partition coefficient (Wildman–Crippen LogP) is 3.89. The number of nitrogens with zero attached hydrogens (tertiary/aromatic N) is 3. The molecule has 0 bridgehead atoms. The van der Waals surface area contributed by atoms with Gasteiger partial charge in [0.25, 0.3) is 5.91 Å². The maximum atomic E-state index is 13.5. The number of hydrogen-bond donors (Lipinski definition) is 1. The zero-order valence-electron chi connectivity index (χ0n) is 20.0. The molecule has 0 radical (unpaired) electrons. The average Bonchev–Trinajstić information content (AvgIpc) is 3.28. The van der Waals surface area contributed by atoms with Gasteiger partial charge in [0, 0.05) is 63.0 Å². The molecule has 1 N–H and O–H groups in total. The van der Waals surface area contributed by atoms with Crippen molar-refractivity contribution in [1.29, 1.82) is 0 Å². The monoisotopic (exact) mass is 454 g/mol. The zero-order chi connectivity index (χ0) is 23.2. The molecule has 33 heavy (non-hydrogen) atoms. The molecule has 0 aromatic heterocycles. The molecule has 0 unspecified atom stereocenters. The standard InChI is InChI=1S/C26H38N4O3/c1-2-24(31)27-21-11-12-23(22(19-21)26(33)29-13-6-3-7-14-29)28-15-8-16-30(18-17-28)25(32)20-9-4-5-10-20/h11-12,19-20H,2-10,13-18H2,1H3,(H,27,31). The molecule has 3 amide bonds. The average molecular weight is 455 g/mol. The van der Waals surface area contributed by atoms with E-state index in [4.69, 9.17) is 0 Å². The van der Waals surface area contributed by atoms with Gasteiger partial charge in [0.1, 0.15) is 0 Å². The van der Waals surface area contributed by atoms with Crippen molar-refractivity contribution in [3.63, 3.8) is 0 Å². The van der Waals surface area contributed by atoms with Crippen molar-refractivity contribution >= 4 is 29.1 Å². The summed E-state index contributed by atoms with van der Waals surface area (Å²) >= 11 is 0. The fourth-order valence-electron chi connectivity index (χ4n) is 5.39. The van der Waals surface area contributed by atoms with Crippen molar-refractivity contribution in [1.82, 2.24) is 9.80 Å². The number of rotatable bonds is 5. The normalized spacial score (nSPS) is 20.0. The van der Waals surface area contributed by atoms with Crippen LogP contribution in [0.3, 0.4) is 0 Å². The lowest BCUT2D eigenvalue weighted by Crippen LogP contribution is -2.39. The van der Waals surface area contributed by atoms with Crippen LogP contribution in [-0.2, 0) is 9.59 Å².